The van der Waals surface area contributed by atoms with Crippen molar-refractivity contribution in [3.63, 3.8) is 0 Å². The Labute approximate surface area is 96.6 Å². The van der Waals surface area contributed by atoms with Gasteiger partial charge in [0.2, 0.25) is 0 Å². The zero-order chi connectivity index (χ0) is 10.3. The highest BCUT2D eigenvalue weighted by molar-refractivity contribution is 9.10. The quantitative estimate of drug-likeness (QED) is 0.674. The van der Waals surface area contributed by atoms with E-state index in [0.29, 0.717) is 14.9 Å². The van der Waals surface area contributed by atoms with Gasteiger partial charge < -0.3 is 0 Å². The SMILES string of the molecule is FC(F)c1cc(Br)cc2scc(Cl)c12. The summed E-state index contributed by atoms with van der Waals surface area (Å²) in [6.07, 6.45) is -2.50. The molecular formula is C9H4BrClF2S. The fourth-order valence-electron chi connectivity index (χ4n) is 1.30. The second kappa shape index (κ2) is 3.76. The molecule has 0 spiro atoms. The van der Waals surface area contributed by atoms with Crippen LogP contribution in [0.1, 0.15) is 12.0 Å². The van der Waals surface area contributed by atoms with Crippen LogP contribution in [0, 0.1) is 0 Å². The molecule has 0 bridgehead atoms. The van der Waals surface area contributed by atoms with Crippen molar-refractivity contribution in [3.05, 3.63) is 32.6 Å². The number of rotatable bonds is 1. The van der Waals surface area contributed by atoms with E-state index in [1.165, 1.54) is 17.4 Å². The summed E-state index contributed by atoms with van der Waals surface area (Å²) >= 11 is 10.4. The van der Waals surface area contributed by atoms with Crippen molar-refractivity contribution in [2.45, 2.75) is 6.43 Å². The fraction of sp³-hybridized carbons (Fsp3) is 0.111. The van der Waals surface area contributed by atoms with Gasteiger partial charge in [-0.1, -0.05) is 27.5 Å². The zero-order valence-electron chi connectivity index (χ0n) is 6.73. The van der Waals surface area contributed by atoms with Crippen molar-refractivity contribution in [2.75, 3.05) is 0 Å². The lowest BCUT2D eigenvalue weighted by Gasteiger charge is -2.03. The molecule has 0 radical (unpaired) electrons. The molecule has 0 aliphatic rings. The number of alkyl halides is 2. The van der Waals surface area contributed by atoms with Gasteiger partial charge in [0.1, 0.15) is 0 Å². The highest BCUT2D eigenvalue weighted by Crippen LogP contribution is 2.38. The predicted octanol–water partition coefficient (Wildman–Crippen LogP) is 5.25. The van der Waals surface area contributed by atoms with Crippen LogP contribution in [0.4, 0.5) is 8.78 Å². The van der Waals surface area contributed by atoms with Crippen LogP contribution in [0.2, 0.25) is 5.02 Å². The Hall–Kier alpha value is -0.190. The lowest BCUT2D eigenvalue weighted by atomic mass is 10.1. The van der Waals surface area contributed by atoms with Crippen LogP contribution in [0.15, 0.2) is 22.0 Å². The van der Waals surface area contributed by atoms with Gasteiger partial charge in [-0.15, -0.1) is 11.3 Å². The van der Waals surface area contributed by atoms with Crippen molar-refractivity contribution < 1.29 is 8.78 Å². The summed E-state index contributed by atoms with van der Waals surface area (Å²) in [5.74, 6) is 0. The first-order chi connectivity index (χ1) is 6.59. The minimum absolute atomic E-state index is 0.0133. The first-order valence-corrected chi connectivity index (χ1v) is 5.79. The van der Waals surface area contributed by atoms with E-state index in [-0.39, 0.29) is 5.56 Å². The third kappa shape index (κ3) is 1.66. The Balaban J connectivity index is 2.83. The van der Waals surface area contributed by atoms with Gasteiger partial charge in [-0.05, 0) is 12.1 Å². The van der Waals surface area contributed by atoms with Gasteiger partial charge >= 0.3 is 0 Å². The molecule has 0 aliphatic heterocycles. The average molecular weight is 298 g/mol. The first-order valence-electron chi connectivity index (χ1n) is 3.74. The number of hydrogen-bond donors (Lipinski definition) is 0. The minimum atomic E-state index is -2.50. The smallest absolute Gasteiger partial charge is 0.205 e. The standard InChI is InChI=1S/C9H4BrClF2S/c10-4-1-5(9(12)13)8-6(11)3-14-7(8)2-4/h1-3,9H. The maximum Gasteiger partial charge on any atom is 0.264 e. The summed E-state index contributed by atoms with van der Waals surface area (Å²) in [7, 11) is 0. The number of hydrogen-bond acceptors (Lipinski definition) is 1. The second-order valence-corrected chi connectivity index (χ2v) is 4.99. The Morgan fingerprint density at radius 1 is 1.36 bits per heavy atom. The van der Waals surface area contributed by atoms with Crippen molar-refractivity contribution in [1.82, 2.24) is 0 Å². The van der Waals surface area contributed by atoms with Crippen LogP contribution in [-0.4, -0.2) is 0 Å². The molecule has 0 amide bonds. The van der Waals surface area contributed by atoms with E-state index in [1.807, 2.05) is 0 Å². The fourth-order valence-corrected chi connectivity index (χ4v) is 3.21. The van der Waals surface area contributed by atoms with Gasteiger partial charge in [-0.25, -0.2) is 8.78 Å². The largest absolute Gasteiger partial charge is 0.264 e. The predicted molar refractivity (Wildman–Crippen MR) is 59.5 cm³/mol. The summed E-state index contributed by atoms with van der Waals surface area (Å²) in [4.78, 5) is 0. The lowest BCUT2D eigenvalue weighted by molar-refractivity contribution is 0.153. The average Bonchev–Trinajstić information content (AvgIpc) is 2.46. The van der Waals surface area contributed by atoms with Gasteiger partial charge in [-0.2, -0.15) is 0 Å². The molecule has 0 fully saturated rings. The van der Waals surface area contributed by atoms with E-state index >= 15 is 0 Å². The molecule has 0 aliphatic carbocycles. The highest BCUT2D eigenvalue weighted by Gasteiger charge is 2.16. The van der Waals surface area contributed by atoms with Crippen LogP contribution in [0.25, 0.3) is 10.1 Å². The molecule has 74 valence electrons. The molecule has 0 N–H and O–H groups in total. The normalized spacial score (nSPS) is 11.5. The van der Waals surface area contributed by atoms with Crippen LogP contribution in [0.5, 0.6) is 0 Å². The molecule has 0 unspecified atom stereocenters. The van der Waals surface area contributed by atoms with Crippen LogP contribution < -0.4 is 0 Å². The van der Waals surface area contributed by atoms with Crippen molar-refractivity contribution in [2.24, 2.45) is 0 Å². The van der Waals surface area contributed by atoms with E-state index in [9.17, 15) is 8.78 Å². The molecule has 1 aromatic carbocycles. The maximum atomic E-state index is 12.7. The molecule has 0 saturated heterocycles. The van der Waals surface area contributed by atoms with Crippen LogP contribution in [-0.2, 0) is 0 Å². The zero-order valence-corrected chi connectivity index (χ0v) is 9.89. The highest BCUT2D eigenvalue weighted by atomic mass is 79.9. The van der Waals surface area contributed by atoms with Crippen LogP contribution in [0.3, 0.4) is 0 Å². The summed E-state index contributed by atoms with van der Waals surface area (Å²) in [5, 5.41) is 2.53. The molecule has 0 atom stereocenters. The number of halogens is 4. The second-order valence-electron chi connectivity index (χ2n) is 2.75. The molecular weight excluding hydrogens is 294 g/mol. The minimum Gasteiger partial charge on any atom is -0.205 e. The molecule has 5 heteroatoms. The van der Waals surface area contributed by atoms with E-state index in [2.05, 4.69) is 15.9 Å². The molecule has 0 saturated carbocycles. The number of benzene rings is 1. The van der Waals surface area contributed by atoms with Crippen molar-refractivity contribution >= 4 is 49.0 Å². The van der Waals surface area contributed by atoms with Gasteiger partial charge in [-0.3, -0.25) is 0 Å². The maximum absolute atomic E-state index is 12.7. The molecule has 14 heavy (non-hydrogen) atoms. The van der Waals surface area contributed by atoms with E-state index in [4.69, 9.17) is 11.6 Å². The Kier molecular flexibility index (Phi) is 2.77. The molecule has 0 nitrogen and oxygen atoms in total. The van der Waals surface area contributed by atoms with Crippen molar-refractivity contribution in [3.8, 4) is 0 Å². The van der Waals surface area contributed by atoms with Gasteiger partial charge in [0, 0.05) is 25.5 Å². The molecule has 1 aromatic heterocycles. The van der Waals surface area contributed by atoms with E-state index in [0.717, 1.165) is 4.70 Å². The number of thiophene rings is 1. The lowest BCUT2D eigenvalue weighted by Crippen LogP contribution is -1.85. The summed E-state index contributed by atoms with van der Waals surface area (Å²) in [5.41, 5.74) is -0.0133. The number of fused-ring (bicyclic) bond motifs is 1. The topological polar surface area (TPSA) is 0 Å². The summed E-state index contributed by atoms with van der Waals surface area (Å²) < 4.78 is 26.7. The van der Waals surface area contributed by atoms with Gasteiger partial charge in [0.15, 0.2) is 0 Å². The van der Waals surface area contributed by atoms with Crippen molar-refractivity contribution in [1.29, 1.82) is 0 Å². The molecule has 1 heterocycles. The van der Waals surface area contributed by atoms with E-state index in [1.54, 1.807) is 11.4 Å². The van der Waals surface area contributed by atoms with Gasteiger partial charge in [0.05, 0.1) is 5.02 Å². The van der Waals surface area contributed by atoms with Crippen LogP contribution >= 0.6 is 38.9 Å². The molecule has 2 aromatic rings. The Morgan fingerprint density at radius 3 is 2.71 bits per heavy atom. The first kappa shape index (κ1) is 10.3. The Morgan fingerprint density at radius 2 is 2.07 bits per heavy atom. The third-order valence-electron chi connectivity index (χ3n) is 1.86. The Bertz CT molecular complexity index is 481. The monoisotopic (exact) mass is 296 g/mol. The van der Waals surface area contributed by atoms with E-state index < -0.39 is 6.43 Å². The summed E-state index contributed by atoms with van der Waals surface area (Å²) in [6, 6.07) is 3.20. The summed E-state index contributed by atoms with van der Waals surface area (Å²) in [6.45, 7) is 0. The van der Waals surface area contributed by atoms with Gasteiger partial charge in [0.25, 0.3) is 6.43 Å². The third-order valence-corrected chi connectivity index (χ3v) is 3.68. The molecule has 2 rings (SSSR count).